The van der Waals surface area contributed by atoms with Gasteiger partial charge in [-0.2, -0.15) is 0 Å². The summed E-state index contributed by atoms with van der Waals surface area (Å²) < 4.78 is 5.19. The highest BCUT2D eigenvalue weighted by Gasteiger charge is 2.40. The normalized spacial score (nSPS) is 17.4. The number of carbonyl (C=O) groups is 4. The molecule has 7 heteroatoms. The van der Waals surface area contributed by atoms with E-state index >= 15 is 0 Å². The standard InChI is InChI=1S/C21H16O7/c1-28-14-4-2-3-11-15(14)21(27)17-16(19(11)25)20(26)12-7-9(13(23)8-22)5-6-10(12)18(17)24/h2-4,8-9,24,26H,5-7H2,1H3. The Labute approximate surface area is 159 Å². The van der Waals surface area contributed by atoms with Crippen LogP contribution in [0.4, 0.5) is 0 Å². The lowest BCUT2D eigenvalue weighted by Gasteiger charge is -2.28. The van der Waals surface area contributed by atoms with E-state index in [1.807, 2.05) is 0 Å². The van der Waals surface area contributed by atoms with Crippen molar-refractivity contribution >= 4 is 23.6 Å². The van der Waals surface area contributed by atoms with Gasteiger partial charge in [-0.05, 0) is 25.3 Å². The Kier molecular flexibility index (Phi) is 4.03. The summed E-state index contributed by atoms with van der Waals surface area (Å²) in [7, 11) is 1.37. The van der Waals surface area contributed by atoms with Crippen molar-refractivity contribution in [2.45, 2.75) is 19.3 Å². The molecular formula is C21H16O7. The summed E-state index contributed by atoms with van der Waals surface area (Å²) in [5.74, 6) is -3.02. The molecule has 2 aromatic rings. The van der Waals surface area contributed by atoms with Crippen LogP contribution in [0.2, 0.25) is 0 Å². The van der Waals surface area contributed by atoms with Crippen LogP contribution in [0.3, 0.4) is 0 Å². The van der Waals surface area contributed by atoms with Crippen molar-refractivity contribution in [1.82, 2.24) is 0 Å². The second-order valence-electron chi connectivity index (χ2n) is 6.91. The molecule has 0 bridgehead atoms. The molecule has 2 N–H and O–H groups in total. The molecule has 0 aromatic heterocycles. The van der Waals surface area contributed by atoms with Gasteiger partial charge in [0.2, 0.25) is 5.78 Å². The van der Waals surface area contributed by atoms with Crippen LogP contribution < -0.4 is 4.74 Å². The number of rotatable bonds is 3. The van der Waals surface area contributed by atoms with E-state index in [4.69, 9.17) is 4.74 Å². The third kappa shape index (κ3) is 2.29. The van der Waals surface area contributed by atoms with Gasteiger partial charge in [0.1, 0.15) is 17.2 Å². The molecule has 1 atom stereocenters. The van der Waals surface area contributed by atoms with Gasteiger partial charge in [-0.1, -0.05) is 12.1 Å². The van der Waals surface area contributed by atoms with Gasteiger partial charge in [-0.25, -0.2) is 0 Å². The lowest BCUT2D eigenvalue weighted by molar-refractivity contribution is -0.132. The zero-order valence-electron chi connectivity index (χ0n) is 14.9. The lowest BCUT2D eigenvalue weighted by Crippen LogP contribution is -2.27. The van der Waals surface area contributed by atoms with E-state index < -0.39 is 29.0 Å². The number of methoxy groups -OCH3 is 1. The molecule has 2 aliphatic carbocycles. The number of phenolic OH excluding ortho intramolecular Hbond substituents is 2. The molecule has 0 heterocycles. The quantitative estimate of drug-likeness (QED) is 0.404. The molecule has 0 fully saturated rings. The van der Waals surface area contributed by atoms with Crippen LogP contribution in [0.5, 0.6) is 17.2 Å². The molecular weight excluding hydrogens is 364 g/mol. The Morgan fingerprint density at radius 2 is 1.75 bits per heavy atom. The van der Waals surface area contributed by atoms with Gasteiger partial charge < -0.3 is 14.9 Å². The van der Waals surface area contributed by atoms with Crippen molar-refractivity contribution in [3.63, 3.8) is 0 Å². The second kappa shape index (κ2) is 6.30. The number of aromatic hydroxyl groups is 2. The van der Waals surface area contributed by atoms with Gasteiger partial charge in [-0.3, -0.25) is 19.2 Å². The first kappa shape index (κ1) is 17.9. The number of aldehydes is 1. The average Bonchev–Trinajstić information content (AvgIpc) is 2.72. The van der Waals surface area contributed by atoms with Crippen molar-refractivity contribution in [1.29, 1.82) is 0 Å². The first-order valence-electron chi connectivity index (χ1n) is 8.75. The molecule has 2 aliphatic rings. The van der Waals surface area contributed by atoms with E-state index in [2.05, 4.69) is 0 Å². The van der Waals surface area contributed by atoms with Gasteiger partial charge in [0.25, 0.3) is 0 Å². The predicted octanol–water partition coefficient (Wildman–Crippen LogP) is 1.75. The Balaban J connectivity index is 1.96. The topological polar surface area (TPSA) is 118 Å². The number of fused-ring (bicyclic) bond motifs is 3. The summed E-state index contributed by atoms with van der Waals surface area (Å²) in [6.45, 7) is 0. The molecule has 7 nitrogen and oxygen atoms in total. The first-order valence-corrected chi connectivity index (χ1v) is 8.75. The van der Waals surface area contributed by atoms with Gasteiger partial charge >= 0.3 is 0 Å². The van der Waals surface area contributed by atoms with Gasteiger partial charge in [0.05, 0.1) is 23.8 Å². The molecule has 4 rings (SSSR count). The highest BCUT2D eigenvalue weighted by Crippen LogP contribution is 2.47. The number of Topliss-reactive ketones (excluding diaryl/α,β-unsaturated/α-hetero) is 1. The monoisotopic (exact) mass is 380 g/mol. The average molecular weight is 380 g/mol. The number of carbonyl (C=O) groups excluding carboxylic acids is 4. The van der Waals surface area contributed by atoms with E-state index in [1.165, 1.54) is 13.2 Å². The molecule has 0 radical (unpaired) electrons. The van der Waals surface area contributed by atoms with Crippen molar-refractivity contribution in [3.05, 3.63) is 51.6 Å². The van der Waals surface area contributed by atoms with E-state index in [9.17, 15) is 29.4 Å². The third-order valence-corrected chi connectivity index (χ3v) is 5.54. The largest absolute Gasteiger partial charge is 0.507 e. The minimum absolute atomic E-state index is 0.0199. The van der Waals surface area contributed by atoms with Crippen molar-refractivity contribution < 1.29 is 34.1 Å². The summed E-state index contributed by atoms with van der Waals surface area (Å²) in [6, 6.07) is 4.55. The van der Waals surface area contributed by atoms with E-state index in [0.29, 0.717) is 12.0 Å². The van der Waals surface area contributed by atoms with E-state index in [1.54, 1.807) is 12.1 Å². The summed E-state index contributed by atoms with van der Waals surface area (Å²) in [5.41, 5.74) is 0.144. The van der Waals surface area contributed by atoms with Crippen LogP contribution in [0.15, 0.2) is 18.2 Å². The zero-order chi connectivity index (χ0) is 20.2. The highest BCUT2D eigenvalue weighted by atomic mass is 16.5. The van der Waals surface area contributed by atoms with Gasteiger partial charge in [-0.15, -0.1) is 0 Å². The molecule has 2 aromatic carbocycles. The maximum atomic E-state index is 13.1. The van der Waals surface area contributed by atoms with Crippen molar-refractivity contribution in [3.8, 4) is 17.2 Å². The molecule has 0 aliphatic heterocycles. The SMILES string of the molecule is COc1cccc2c1C(=O)c1c(O)c3c(c(O)c1C2=O)CC(C(=O)C=O)CC3. The first-order chi connectivity index (χ1) is 13.4. The van der Waals surface area contributed by atoms with Crippen molar-refractivity contribution in [2.75, 3.05) is 7.11 Å². The minimum atomic E-state index is -0.630. The molecule has 0 saturated carbocycles. The lowest BCUT2D eigenvalue weighted by atomic mass is 9.75. The van der Waals surface area contributed by atoms with Gasteiger partial charge in [0.15, 0.2) is 17.9 Å². The fourth-order valence-electron chi connectivity index (χ4n) is 4.15. The number of ketones is 3. The predicted molar refractivity (Wildman–Crippen MR) is 96.2 cm³/mol. The maximum Gasteiger partial charge on any atom is 0.202 e. The number of phenols is 2. The van der Waals surface area contributed by atoms with Crippen LogP contribution in [-0.2, 0) is 22.4 Å². The van der Waals surface area contributed by atoms with Crippen LogP contribution in [-0.4, -0.2) is 41.0 Å². The summed E-state index contributed by atoms with van der Waals surface area (Å²) in [6.07, 6.45) is 0.763. The Bertz CT molecular complexity index is 1080. The van der Waals surface area contributed by atoms with Crippen LogP contribution >= 0.6 is 0 Å². The fourth-order valence-corrected chi connectivity index (χ4v) is 4.15. The molecule has 0 spiro atoms. The summed E-state index contributed by atoms with van der Waals surface area (Å²) in [4.78, 5) is 48.7. The van der Waals surface area contributed by atoms with Gasteiger partial charge in [0, 0.05) is 22.6 Å². The highest BCUT2D eigenvalue weighted by molar-refractivity contribution is 6.31. The molecule has 0 saturated heterocycles. The number of hydrogen-bond acceptors (Lipinski definition) is 7. The Morgan fingerprint density at radius 3 is 2.43 bits per heavy atom. The summed E-state index contributed by atoms with van der Waals surface area (Å²) in [5, 5.41) is 21.6. The second-order valence-corrected chi connectivity index (χ2v) is 6.91. The molecule has 1 unspecified atom stereocenters. The van der Waals surface area contributed by atoms with Crippen LogP contribution in [0.25, 0.3) is 0 Å². The maximum absolute atomic E-state index is 13.1. The number of ether oxygens (including phenoxy) is 1. The van der Waals surface area contributed by atoms with E-state index in [-0.39, 0.29) is 58.4 Å². The van der Waals surface area contributed by atoms with Crippen LogP contribution in [0, 0.1) is 5.92 Å². The fraction of sp³-hybridized carbons (Fsp3) is 0.238. The number of benzene rings is 2. The Hall–Kier alpha value is -3.48. The third-order valence-electron chi connectivity index (χ3n) is 5.54. The van der Waals surface area contributed by atoms with Crippen molar-refractivity contribution in [2.24, 2.45) is 5.92 Å². The van der Waals surface area contributed by atoms with Crippen LogP contribution in [0.1, 0.15) is 49.4 Å². The number of hydrogen-bond donors (Lipinski definition) is 2. The molecule has 0 amide bonds. The summed E-state index contributed by atoms with van der Waals surface area (Å²) >= 11 is 0. The van der Waals surface area contributed by atoms with E-state index in [0.717, 1.165) is 0 Å². The molecule has 28 heavy (non-hydrogen) atoms. The molecule has 142 valence electrons. The minimum Gasteiger partial charge on any atom is -0.507 e. The zero-order valence-corrected chi connectivity index (χ0v) is 14.9. The Morgan fingerprint density at radius 1 is 1.07 bits per heavy atom. The smallest absolute Gasteiger partial charge is 0.202 e.